The monoisotopic (exact) mass is 281 g/mol. The zero-order valence-electron chi connectivity index (χ0n) is 10.6. The van der Waals surface area contributed by atoms with Gasteiger partial charge in [0, 0.05) is 10.9 Å². The highest BCUT2D eigenvalue weighted by Gasteiger charge is 2.40. The number of rotatable bonds is 5. The number of carbonyl (C=O) groups excluding carboxylic acids is 1. The van der Waals surface area contributed by atoms with Crippen LogP contribution in [-0.4, -0.2) is 17.0 Å². The second kappa shape index (κ2) is 5.61. The van der Waals surface area contributed by atoms with Gasteiger partial charge in [-0.05, 0) is 24.0 Å². The third-order valence-corrected chi connectivity index (χ3v) is 3.77. The molecule has 1 saturated carbocycles. The molecular formula is C14H16ClNO3. The summed E-state index contributed by atoms with van der Waals surface area (Å²) >= 11 is 6.07. The fourth-order valence-electron chi connectivity index (χ4n) is 2.14. The lowest BCUT2D eigenvalue weighted by atomic mass is 10.0. The maximum atomic E-state index is 11.9. The van der Waals surface area contributed by atoms with Gasteiger partial charge in [-0.25, -0.2) is 0 Å². The Balaban J connectivity index is 2.14. The molecule has 0 aliphatic heterocycles. The smallest absolute Gasteiger partial charge is 0.305 e. The molecule has 1 aliphatic carbocycles. The Morgan fingerprint density at radius 2 is 2.11 bits per heavy atom. The number of hydrogen-bond acceptors (Lipinski definition) is 2. The number of benzene rings is 1. The van der Waals surface area contributed by atoms with Gasteiger partial charge in [0.2, 0.25) is 5.91 Å². The second-order valence-corrected chi connectivity index (χ2v) is 5.41. The van der Waals surface area contributed by atoms with Gasteiger partial charge in [-0.3, -0.25) is 9.59 Å². The minimum absolute atomic E-state index is 0.0128. The van der Waals surface area contributed by atoms with E-state index in [0.717, 1.165) is 6.42 Å². The minimum Gasteiger partial charge on any atom is -0.481 e. The lowest BCUT2D eigenvalue weighted by Gasteiger charge is -2.18. The maximum absolute atomic E-state index is 11.9. The summed E-state index contributed by atoms with van der Waals surface area (Å²) in [5.74, 6) is -0.650. The molecule has 19 heavy (non-hydrogen) atoms. The van der Waals surface area contributed by atoms with Crippen LogP contribution in [0, 0.1) is 11.8 Å². The number of carboxylic acid groups (broad SMARTS) is 1. The van der Waals surface area contributed by atoms with E-state index in [0.29, 0.717) is 16.5 Å². The van der Waals surface area contributed by atoms with E-state index in [1.807, 2.05) is 6.92 Å². The molecule has 1 aromatic rings. The van der Waals surface area contributed by atoms with Gasteiger partial charge in [-0.15, -0.1) is 0 Å². The molecule has 5 heteroatoms. The van der Waals surface area contributed by atoms with Crippen molar-refractivity contribution in [1.82, 2.24) is 5.32 Å². The van der Waals surface area contributed by atoms with E-state index >= 15 is 0 Å². The molecular weight excluding hydrogens is 266 g/mol. The standard InChI is InChI=1S/C14H16ClNO3/c1-8-6-10(8)14(19)16-12(7-13(17)18)9-4-2-3-5-11(9)15/h2-5,8,10,12H,6-7H2,1H3,(H,16,19)(H,17,18)/t8-,10+,12+/m1/s1. The summed E-state index contributed by atoms with van der Waals surface area (Å²) in [7, 11) is 0. The fourth-order valence-corrected chi connectivity index (χ4v) is 2.40. The van der Waals surface area contributed by atoms with E-state index in [2.05, 4.69) is 5.32 Å². The lowest BCUT2D eigenvalue weighted by Crippen LogP contribution is -2.31. The zero-order chi connectivity index (χ0) is 14.0. The first kappa shape index (κ1) is 13.9. The van der Waals surface area contributed by atoms with Gasteiger partial charge in [-0.2, -0.15) is 0 Å². The van der Waals surface area contributed by atoms with Gasteiger partial charge in [0.15, 0.2) is 0 Å². The molecule has 1 aromatic carbocycles. The number of carbonyl (C=O) groups is 2. The fraction of sp³-hybridized carbons (Fsp3) is 0.429. The van der Waals surface area contributed by atoms with Crippen LogP contribution in [0.1, 0.15) is 31.4 Å². The Morgan fingerprint density at radius 3 is 2.63 bits per heavy atom. The predicted octanol–water partition coefficient (Wildman–Crippen LogP) is 2.63. The maximum Gasteiger partial charge on any atom is 0.305 e. The zero-order valence-corrected chi connectivity index (χ0v) is 11.4. The van der Waals surface area contributed by atoms with Crippen LogP contribution in [0.4, 0.5) is 0 Å². The van der Waals surface area contributed by atoms with Gasteiger partial charge in [-0.1, -0.05) is 36.7 Å². The number of carboxylic acids is 1. The molecule has 0 spiro atoms. The topological polar surface area (TPSA) is 66.4 Å². The van der Waals surface area contributed by atoms with Crippen molar-refractivity contribution in [1.29, 1.82) is 0 Å². The molecule has 3 atom stereocenters. The highest BCUT2D eigenvalue weighted by molar-refractivity contribution is 6.31. The third kappa shape index (κ3) is 3.47. The first-order valence-corrected chi connectivity index (χ1v) is 6.63. The molecule has 4 nitrogen and oxygen atoms in total. The lowest BCUT2D eigenvalue weighted by molar-refractivity contribution is -0.137. The minimum atomic E-state index is -0.964. The Labute approximate surface area is 116 Å². The predicted molar refractivity (Wildman–Crippen MR) is 71.9 cm³/mol. The van der Waals surface area contributed by atoms with E-state index in [-0.39, 0.29) is 18.2 Å². The average molecular weight is 282 g/mol. The molecule has 0 heterocycles. The van der Waals surface area contributed by atoms with Gasteiger partial charge in [0.05, 0.1) is 12.5 Å². The summed E-state index contributed by atoms with van der Waals surface area (Å²) in [6.07, 6.45) is 0.699. The van der Waals surface area contributed by atoms with Crippen molar-refractivity contribution in [3.05, 3.63) is 34.9 Å². The number of hydrogen-bond donors (Lipinski definition) is 2. The highest BCUT2D eigenvalue weighted by Crippen LogP contribution is 2.38. The SMILES string of the molecule is C[C@@H]1C[C@@H]1C(=O)N[C@@H](CC(=O)O)c1ccccc1Cl. The molecule has 0 unspecified atom stereocenters. The van der Waals surface area contributed by atoms with Crippen molar-refractivity contribution in [2.45, 2.75) is 25.8 Å². The van der Waals surface area contributed by atoms with Crippen molar-refractivity contribution in [2.24, 2.45) is 11.8 Å². The first-order chi connectivity index (χ1) is 8.99. The van der Waals surface area contributed by atoms with E-state index in [1.54, 1.807) is 24.3 Å². The second-order valence-electron chi connectivity index (χ2n) is 5.00. The van der Waals surface area contributed by atoms with Crippen LogP contribution in [0.25, 0.3) is 0 Å². The molecule has 1 fully saturated rings. The molecule has 2 rings (SSSR count). The average Bonchev–Trinajstić information content (AvgIpc) is 3.06. The van der Waals surface area contributed by atoms with Crippen molar-refractivity contribution in [3.8, 4) is 0 Å². The molecule has 1 aliphatic rings. The Hall–Kier alpha value is -1.55. The molecule has 0 aromatic heterocycles. The van der Waals surface area contributed by atoms with E-state index in [9.17, 15) is 9.59 Å². The number of nitrogens with one attached hydrogen (secondary N) is 1. The van der Waals surface area contributed by atoms with Crippen LogP contribution in [-0.2, 0) is 9.59 Å². The normalized spacial score (nSPS) is 22.6. The molecule has 0 saturated heterocycles. The Morgan fingerprint density at radius 1 is 1.47 bits per heavy atom. The van der Waals surface area contributed by atoms with Crippen LogP contribution in [0.2, 0.25) is 5.02 Å². The highest BCUT2D eigenvalue weighted by atomic mass is 35.5. The summed E-state index contributed by atoms with van der Waals surface area (Å²) in [5.41, 5.74) is 0.646. The van der Waals surface area contributed by atoms with Gasteiger partial charge >= 0.3 is 5.97 Å². The number of amides is 1. The largest absolute Gasteiger partial charge is 0.481 e. The van der Waals surface area contributed by atoms with Crippen molar-refractivity contribution < 1.29 is 14.7 Å². The van der Waals surface area contributed by atoms with Crippen molar-refractivity contribution in [2.75, 3.05) is 0 Å². The molecule has 0 radical (unpaired) electrons. The quantitative estimate of drug-likeness (QED) is 0.872. The molecule has 2 N–H and O–H groups in total. The Kier molecular flexibility index (Phi) is 4.10. The number of aliphatic carboxylic acids is 1. The van der Waals surface area contributed by atoms with E-state index in [4.69, 9.17) is 16.7 Å². The van der Waals surface area contributed by atoms with Crippen molar-refractivity contribution >= 4 is 23.5 Å². The van der Waals surface area contributed by atoms with Gasteiger partial charge in [0.1, 0.15) is 0 Å². The Bertz CT molecular complexity index is 503. The van der Waals surface area contributed by atoms with Crippen LogP contribution < -0.4 is 5.32 Å². The van der Waals surface area contributed by atoms with E-state index < -0.39 is 12.0 Å². The summed E-state index contributed by atoms with van der Waals surface area (Å²) in [6.45, 7) is 2.01. The van der Waals surface area contributed by atoms with Crippen LogP contribution >= 0.6 is 11.6 Å². The molecule has 0 bridgehead atoms. The summed E-state index contributed by atoms with van der Waals surface area (Å²) in [4.78, 5) is 22.9. The summed E-state index contributed by atoms with van der Waals surface area (Å²) in [5, 5.41) is 12.2. The molecule has 102 valence electrons. The summed E-state index contributed by atoms with van der Waals surface area (Å²) < 4.78 is 0. The van der Waals surface area contributed by atoms with Gasteiger partial charge in [0.25, 0.3) is 0 Å². The van der Waals surface area contributed by atoms with Crippen LogP contribution in [0.3, 0.4) is 0 Å². The molecule has 1 amide bonds. The number of halogens is 1. The third-order valence-electron chi connectivity index (χ3n) is 3.42. The summed E-state index contributed by atoms with van der Waals surface area (Å²) in [6, 6.07) is 6.41. The first-order valence-electron chi connectivity index (χ1n) is 6.25. The van der Waals surface area contributed by atoms with E-state index in [1.165, 1.54) is 0 Å². The van der Waals surface area contributed by atoms with Crippen LogP contribution in [0.5, 0.6) is 0 Å². The van der Waals surface area contributed by atoms with Crippen molar-refractivity contribution in [3.63, 3.8) is 0 Å². The van der Waals surface area contributed by atoms with Crippen LogP contribution in [0.15, 0.2) is 24.3 Å². The van der Waals surface area contributed by atoms with Gasteiger partial charge < -0.3 is 10.4 Å².